The second-order valence-electron chi connectivity index (χ2n) is 3.13. The van der Waals surface area contributed by atoms with Gasteiger partial charge >= 0.3 is 0 Å². The lowest BCUT2D eigenvalue weighted by Crippen LogP contribution is -2.24. The number of anilines is 1. The highest BCUT2D eigenvalue weighted by atomic mass is 16.5. The van der Waals surface area contributed by atoms with Gasteiger partial charge in [0, 0.05) is 19.0 Å². The summed E-state index contributed by atoms with van der Waals surface area (Å²) < 4.78 is 4.68. The molecule has 0 bridgehead atoms. The summed E-state index contributed by atoms with van der Waals surface area (Å²) in [6, 6.07) is 0. The van der Waals surface area contributed by atoms with Crippen LogP contribution in [-0.4, -0.2) is 26.2 Å². The molecule has 4 N–H and O–H groups in total. The van der Waals surface area contributed by atoms with Crippen LogP contribution < -0.4 is 11.1 Å². The molecule has 0 aromatic carbocycles. The molecule has 0 radical (unpaired) electrons. The van der Waals surface area contributed by atoms with Gasteiger partial charge < -0.3 is 15.6 Å². The molecule has 0 saturated carbocycles. The molecular formula is C8H10N6O2. The number of hydrogen-bond donors (Lipinski definition) is 3. The average molecular weight is 222 g/mol. The fourth-order valence-electron chi connectivity index (χ4n) is 1.11. The highest BCUT2D eigenvalue weighted by Gasteiger charge is 2.12. The van der Waals surface area contributed by atoms with Crippen LogP contribution in [0.15, 0.2) is 10.7 Å². The number of aryl methyl sites for hydroxylation is 1. The minimum atomic E-state index is -0.419. The van der Waals surface area contributed by atoms with Gasteiger partial charge in [0.05, 0.1) is 6.20 Å². The number of aromatic nitrogens is 4. The summed E-state index contributed by atoms with van der Waals surface area (Å²) in [5.41, 5.74) is 6.25. The van der Waals surface area contributed by atoms with Crippen LogP contribution in [0, 0.1) is 6.92 Å². The molecule has 0 fully saturated rings. The van der Waals surface area contributed by atoms with Crippen molar-refractivity contribution in [2.45, 2.75) is 13.5 Å². The Balaban J connectivity index is 1.96. The summed E-state index contributed by atoms with van der Waals surface area (Å²) in [7, 11) is 0. The maximum atomic E-state index is 11.5. The predicted molar refractivity (Wildman–Crippen MR) is 53.2 cm³/mol. The smallest absolute Gasteiger partial charge is 0.292 e. The lowest BCUT2D eigenvalue weighted by atomic mass is 10.3. The number of nitrogen functional groups attached to an aromatic ring is 1. The molecule has 8 heteroatoms. The van der Waals surface area contributed by atoms with Gasteiger partial charge in [-0.05, 0) is 0 Å². The fourth-order valence-corrected chi connectivity index (χ4v) is 1.11. The van der Waals surface area contributed by atoms with Gasteiger partial charge in [-0.1, -0.05) is 5.16 Å². The molecule has 2 rings (SSSR count). The molecule has 0 unspecified atom stereocenters. The van der Waals surface area contributed by atoms with E-state index in [1.165, 1.54) is 6.20 Å². The second-order valence-corrected chi connectivity index (χ2v) is 3.13. The van der Waals surface area contributed by atoms with Crippen molar-refractivity contribution in [2.24, 2.45) is 0 Å². The fraction of sp³-hybridized carbons (Fsp3) is 0.250. The Labute approximate surface area is 90.2 Å². The highest BCUT2D eigenvalue weighted by Crippen LogP contribution is 2.05. The summed E-state index contributed by atoms with van der Waals surface area (Å²) in [6.07, 6.45) is 1.54. The third kappa shape index (κ3) is 2.00. The molecule has 1 amide bonds. The van der Waals surface area contributed by atoms with Crippen molar-refractivity contribution in [1.82, 2.24) is 25.7 Å². The molecule has 0 aliphatic rings. The number of aromatic amines is 1. The van der Waals surface area contributed by atoms with Crippen molar-refractivity contribution >= 4 is 11.7 Å². The number of amides is 1. The predicted octanol–water partition coefficient (Wildman–Crippen LogP) is -0.387. The first-order chi connectivity index (χ1) is 7.66. The Hall–Kier alpha value is -2.38. The molecule has 0 aliphatic carbocycles. The molecule has 16 heavy (non-hydrogen) atoms. The van der Waals surface area contributed by atoms with E-state index in [-0.39, 0.29) is 12.4 Å². The van der Waals surface area contributed by atoms with E-state index in [9.17, 15) is 4.79 Å². The van der Waals surface area contributed by atoms with Crippen LogP contribution in [0.3, 0.4) is 0 Å². The minimum Gasteiger partial charge on any atom is -0.384 e. The van der Waals surface area contributed by atoms with Crippen molar-refractivity contribution in [2.75, 3.05) is 5.73 Å². The number of nitrogens with zero attached hydrogens (tertiary/aromatic N) is 3. The Bertz CT molecular complexity index is 502. The summed E-state index contributed by atoms with van der Waals surface area (Å²) in [5.74, 6) is 0.342. The maximum absolute atomic E-state index is 11.5. The van der Waals surface area contributed by atoms with Crippen LogP contribution in [0.25, 0.3) is 0 Å². The number of carbonyl (C=O) groups excluding carboxylic acids is 1. The van der Waals surface area contributed by atoms with E-state index in [1.54, 1.807) is 6.92 Å². The van der Waals surface area contributed by atoms with Crippen molar-refractivity contribution in [3.8, 4) is 0 Å². The zero-order valence-corrected chi connectivity index (χ0v) is 8.52. The number of carbonyl (C=O) groups is 1. The maximum Gasteiger partial charge on any atom is 0.292 e. The standard InChI is InChI=1S/C8H10N6O2/c1-4-12-7(14-16-4)8(15)10-2-5-3-11-13-6(5)9/h3H,2H2,1H3,(H,10,15)(H3,9,11,13). The van der Waals surface area contributed by atoms with Crippen molar-refractivity contribution in [3.05, 3.63) is 23.5 Å². The van der Waals surface area contributed by atoms with Crippen LogP contribution in [0.5, 0.6) is 0 Å². The van der Waals surface area contributed by atoms with Crippen molar-refractivity contribution in [3.63, 3.8) is 0 Å². The van der Waals surface area contributed by atoms with Gasteiger partial charge in [0.25, 0.3) is 11.7 Å². The van der Waals surface area contributed by atoms with Gasteiger partial charge in [-0.15, -0.1) is 0 Å². The Morgan fingerprint density at radius 2 is 2.50 bits per heavy atom. The number of rotatable bonds is 3. The van der Waals surface area contributed by atoms with Gasteiger partial charge in [-0.2, -0.15) is 10.1 Å². The summed E-state index contributed by atoms with van der Waals surface area (Å²) in [4.78, 5) is 15.3. The van der Waals surface area contributed by atoms with E-state index >= 15 is 0 Å². The number of H-pyrrole nitrogens is 1. The van der Waals surface area contributed by atoms with E-state index in [0.29, 0.717) is 17.3 Å². The first kappa shape index (κ1) is 10.1. The molecule has 0 saturated heterocycles. The normalized spacial score (nSPS) is 10.3. The zero-order valence-electron chi connectivity index (χ0n) is 8.52. The largest absolute Gasteiger partial charge is 0.384 e. The Morgan fingerprint density at radius 3 is 3.06 bits per heavy atom. The SMILES string of the molecule is Cc1nc(C(=O)NCc2cn[nH]c2N)no1. The van der Waals surface area contributed by atoms with Crippen LogP contribution in [0.4, 0.5) is 5.82 Å². The highest BCUT2D eigenvalue weighted by molar-refractivity contribution is 5.90. The Kier molecular flexibility index (Phi) is 2.54. The lowest BCUT2D eigenvalue weighted by molar-refractivity contribution is 0.0937. The molecular weight excluding hydrogens is 212 g/mol. The van der Waals surface area contributed by atoms with E-state index in [1.807, 2.05) is 0 Å². The second kappa shape index (κ2) is 4.01. The third-order valence-corrected chi connectivity index (χ3v) is 1.92. The third-order valence-electron chi connectivity index (χ3n) is 1.92. The van der Waals surface area contributed by atoms with E-state index in [0.717, 1.165) is 0 Å². The summed E-state index contributed by atoms with van der Waals surface area (Å²) in [5, 5.41) is 12.4. The van der Waals surface area contributed by atoms with Crippen LogP contribution >= 0.6 is 0 Å². The average Bonchev–Trinajstić information content (AvgIpc) is 2.84. The molecule has 2 aromatic rings. The van der Waals surface area contributed by atoms with Gasteiger partial charge in [0.15, 0.2) is 0 Å². The van der Waals surface area contributed by atoms with Gasteiger partial charge in [0.1, 0.15) is 5.82 Å². The minimum absolute atomic E-state index is 0.000402. The van der Waals surface area contributed by atoms with Crippen molar-refractivity contribution in [1.29, 1.82) is 0 Å². The van der Waals surface area contributed by atoms with Gasteiger partial charge in [-0.3, -0.25) is 9.89 Å². The number of hydrogen-bond acceptors (Lipinski definition) is 6. The first-order valence-electron chi connectivity index (χ1n) is 4.53. The molecule has 2 aromatic heterocycles. The van der Waals surface area contributed by atoms with Gasteiger partial charge in [-0.25, -0.2) is 0 Å². The topological polar surface area (TPSA) is 123 Å². The molecule has 8 nitrogen and oxygen atoms in total. The van der Waals surface area contributed by atoms with E-state index in [2.05, 4.69) is 30.2 Å². The zero-order chi connectivity index (χ0) is 11.5. The van der Waals surface area contributed by atoms with Crippen LogP contribution in [0.1, 0.15) is 22.1 Å². The summed E-state index contributed by atoms with van der Waals surface area (Å²) >= 11 is 0. The van der Waals surface area contributed by atoms with E-state index in [4.69, 9.17) is 5.73 Å². The van der Waals surface area contributed by atoms with Crippen LogP contribution in [0.2, 0.25) is 0 Å². The first-order valence-corrected chi connectivity index (χ1v) is 4.53. The Morgan fingerprint density at radius 1 is 1.69 bits per heavy atom. The molecule has 84 valence electrons. The number of nitrogens with two attached hydrogens (primary N) is 1. The van der Waals surface area contributed by atoms with Crippen molar-refractivity contribution < 1.29 is 9.32 Å². The number of nitrogens with one attached hydrogen (secondary N) is 2. The molecule has 2 heterocycles. The molecule has 0 atom stereocenters. The van der Waals surface area contributed by atoms with Gasteiger partial charge in [0.2, 0.25) is 5.89 Å². The monoisotopic (exact) mass is 222 g/mol. The summed E-state index contributed by atoms with van der Waals surface area (Å²) in [6.45, 7) is 1.87. The van der Waals surface area contributed by atoms with E-state index < -0.39 is 5.91 Å². The molecule has 0 spiro atoms. The molecule has 0 aliphatic heterocycles. The quantitative estimate of drug-likeness (QED) is 0.650. The van der Waals surface area contributed by atoms with Crippen LogP contribution in [-0.2, 0) is 6.54 Å². The lowest BCUT2D eigenvalue weighted by Gasteiger charge is -1.99.